The molecule has 15 heavy (non-hydrogen) atoms. The van der Waals surface area contributed by atoms with Crippen LogP contribution in [0.2, 0.25) is 4.47 Å². The summed E-state index contributed by atoms with van der Waals surface area (Å²) in [4.78, 5) is 3.66. The van der Waals surface area contributed by atoms with E-state index in [1.165, 1.54) is 13.3 Å². The molecular formula is C7H11ClN2O3S2. The summed E-state index contributed by atoms with van der Waals surface area (Å²) in [6, 6.07) is 0. The monoisotopic (exact) mass is 270 g/mol. The van der Waals surface area contributed by atoms with Crippen LogP contribution in [0.15, 0.2) is 10.4 Å². The molecule has 1 aromatic heterocycles. The van der Waals surface area contributed by atoms with E-state index in [-0.39, 0.29) is 21.3 Å². The second-order valence-corrected chi connectivity index (χ2v) is 6.44. The quantitative estimate of drug-likeness (QED) is 0.870. The van der Waals surface area contributed by atoms with E-state index in [2.05, 4.69) is 9.71 Å². The minimum atomic E-state index is -3.50. The van der Waals surface area contributed by atoms with Gasteiger partial charge in [0.1, 0.15) is 0 Å². The van der Waals surface area contributed by atoms with E-state index in [1.54, 1.807) is 6.92 Å². The Morgan fingerprint density at radius 1 is 1.73 bits per heavy atom. The summed E-state index contributed by atoms with van der Waals surface area (Å²) < 4.78 is 30.9. The van der Waals surface area contributed by atoms with Crippen LogP contribution in [0.25, 0.3) is 0 Å². The summed E-state index contributed by atoms with van der Waals surface area (Å²) in [5.74, 6) is 0. The molecule has 0 bridgehead atoms. The van der Waals surface area contributed by atoms with Crippen LogP contribution in [0.5, 0.6) is 0 Å². The van der Waals surface area contributed by atoms with Gasteiger partial charge in [0.2, 0.25) is 0 Å². The van der Waals surface area contributed by atoms with Crippen molar-refractivity contribution >= 4 is 33.0 Å². The summed E-state index contributed by atoms with van der Waals surface area (Å²) in [6.07, 6.45) is 1.05. The number of ether oxygens (including phenoxy) is 1. The maximum atomic E-state index is 11.6. The molecule has 1 unspecified atom stereocenters. The standard InChI is InChI=1S/C7H11ClN2O3S2/c1-5(13-2)3-10-15(11,12)6-4-9-7(8)14-6/h4-5,10H,3H2,1-2H3. The van der Waals surface area contributed by atoms with Crippen molar-refractivity contribution in [2.45, 2.75) is 17.2 Å². The lowest BCUT2D eigenvalue weighted by Crippen LogP contribution is -2.31. The number of thiazole rings is 1. The first kappa shape index (κ1) is 12.9. The third-order valence-electron chi connectivity index (χ3n) is 1.68. The summed E-state index contributed by atoms with van der Waals surface area (Å²) >= 11 is 6.46. The minimum Gasteiger partial charge on any atom is -0.380 e. The predicted octanol–water partition coefficient (Wildman–Crippen LogP) is 1.11. The van der Waals surface area contributed by atoms with Crippen molar-refractivity contribution in [1.29, 1.82) is 0 Å². The number of halogens is 1. The zero-order valence-corrected chi connectivity index (χ0v) is 10.6. The minimum absolute atomic E-state index is 0.107. The van der Waals surface area contributed by atoms with Gasteiger partial charge in [-0.15, -0.1) is 0 Å². The molecule has 0 aliphatic rings. The maximum Gasteiger partial charge on any atom is 0.251 e. The number of hydrogen-bond donors (Lipinski definition) is 1. The molecule has 5 nitrogen and oxygen atoms in total. The van der Waals surface area contributed by atoms with Gasteiger partial charge in [-0.1, -0.05) is 22.9 Å². The molecule has 0 saturated heterocycles. The lowest BCUT2D eigenvalue weighted by atomic mass is 10.4. The zero-order chi connectivity index (χ0) is 11.5. The Balaban J connectivity index is 2.68. The van der Waals surface area contributed by atoms with Crippen LogP contribution in [0.4, 0.5) is 0 Å². The van der Waals surface area contributed by atoms with Crippen molar-refractivity contribution in [1.82, 2.24) is 9.71 Å². The number of nitrogens with zero attached hydrogens (tertiary/aromatic N) is 1. The Morgan fingerprint density at radius 2 is 2.40 bits per heavy atom. The Labute approximate surface area is 97.5 Å². The molecule has 0 amide bonds. The van der Waals surface area contributed by atoms with Gasteiger partial charge >= 0.3 is 0 Å². The highest BCUT2D eigenvalue weighted by molar-refractivity contribution is 7.91. The molecule has 1 rings (SSSR count). The first-order valence-corrected chi connectivity index (χ1v) is 6.77. The Bertz CT molecular complexity index is 418. The van der Waals surface area contributed by atoms with E-state index in [1.807, 2.05) is 0 Å². The number of sulfonamides is 1. The van der Waals surface area contributed by atoms with E-state index in [0.29, 0.717) is 0 Å². The third-order valence-corrected chi connectivity index (χ3v) is 4.68. The molecule has 8 heteroatoms. The summed E-state index contributed by atoms with van der Waals surface area (Å²) in [5.41, 5.74) is 0. The second kappa shape index (κ2) is 5.22. The molecule has 0 aliphatic carbocycles. The van der Waals surface area contributed by atoms with E-state index >= 15 is 0 Å². The highest BCUT2D eigenvalue weighted by Gasteiger charge is 2.17. The molecule has 1 heterocycles. The predicted molar refractivity (Wildman–Crippen MR) is 58.8 cm³/mol. The third kappa shape index (κ3) is 3.69. The Kier molecular flexibility index (Phi) is 4.47. The molecule has 1 N–H and O–H groups in total. The van der Waals surface area contributed by atoms with Crippen LogP contribution in [-0.4, -0.2) is 33.2 Å². The largest absolute Gasteiger partial charge is 0.380 e. The molecule has 0 saturated carbocycles. The van der Waals surface area contributed by atoms with Gasteiger partial charge in [-0.3, -0.25) is 0 Å². The van der Waals surface area contributed by atoms with Gasteiger partial charge in [0.05, 0.1) is 12.3 Å². The van der Waals surface area contributed by atoms with E-state index in [4.69, 9.17) is 16.3 Å². The summed E-state index contributed by atoms with van der Waals surface area (Å²) in [7, 11) is -1.99. The average Bonchev–Trinajstić information content (AvgIpc) is 2.62. The number of nitrogens with one attached hydrogen (secondary N) is 1. The molecule has 0 aromatic carbocycles. The van der Waals surface area contributed by atoms with Gasteiger partial charge in [0, 0.05) is 13.7 Å². The fraction of sp³-hybridized carbons (Fsp3) is 0.571. The smallest absolute Gasteiger partial charge is 0.251 e. The van der Waals surface area contributed by atoms with Crippen molar-refractivity contribution in [2.24, 2.45) is 0 Å². The highest BCUT2D eigenvalue weighted by Crippen LogP contribution is 2.21. The highest BCUT2D eigenvalue weighted by atomic mass is 35.5. The number of rotatable bonds is 5. The summed E-state index contributed by atoms with van der Waals surface area (Å²) in [6.45, 7) is 1.98. The van der Waals surface area contributed by atoms with Crippen molar-refractivity contribution in [3.8, 4) is 0 Å². The average molecular weight is 271 g/mol. The van der Waals surface area contributed by atoms with Crippen LogP contribution >= 0.6 is 22.9 Å². The van der Waals surface area contributed by atoms with Gasteiger partial charge in [0.15, 0.2) is 8.68 Å². The fourth-order valence-electron chi connectivity index (χ4n) is 0.745. The molecule has 0 fully saturated rings. The van der Waals surface area contributed by atoms with Gasteiger partial charge in [0.25, 0.3) is 10.0 Å². The molecule has 0 spiro atoms. The maximum absolute atomic E-state index is 11.6. The van der Waals surface area contributed by atoms with Crippen molar-refractivity contribution in [2.75, 3.05) is 13.7 Å². The number of hydrogen-bond acceptors (Lipinski definition) is 5. The van der Waals surface area contributed by atoms with Gasteiger partial charge in [-0.25, -0.2) is 18.1 Å². The van der Waals surface area contributed by atoms with Crippen LogP contribution in [-0.2, 0) is 14.8 Å². The van der Waals surface area contributed by atoms with Crippen LogP contribution < -0.4 is 4.72 Å². The molecule has 86 valence electrons. The lowest BCUT2D eigenvalue weighted by molar-refractivity contribution is 0.122. The Hall–Kier alpha value is -0.210. The normalized spacial score (nSPS) is 14.1. The van der Waals surface area contributed by atoms with Gasteiger partial charge in [-0.2, -0.15) is 0 Å². The molecule has 1 aromatic rings. The van der Waals surface area contributed by atoms with E-state index in [0.717, 1.165) is 11.3 Å². The lowest BCUT2D eigenvalue weighted by Gasteiger charge is -2.09. The second-order valence-electron chi connectivity index (χ2n) is 2.83. The van der Waals surface area contributed by atoms with Crippen molar-refractivity contribution < 1.29 is 13.2 Å². The molecular weight excluding hydrogens is 260 g/mol. The number of methoxy groups -OCH3 is 1. The van der Waals surface area contributed by atoms with Crippen molar-refractivity contribution in [3.05, 3.63) is 10.7 Å². The summed E-state index contributed by atoms with van der Waals surface area (Å²) in [5, 5.41) is 0. The zero-order valence-electron chi connectivity index (χ0n) is 8.23. The number of aromatic nitrogens is 1. The molecule has 0 radical (unpaired) electrons. The van der Waals surface area contributed by atoms with Gasteiger partial charge < -0.3 is 4.74 Å². The Morgan fingerprint density at radius 3 is 2.87 bits per heavy atom. The first-order chi connectivity index (χ1) is 6.95. The van der Waals surface area contributed by atoms with E-state index in [9.17, 15) is 8.42 Å². The molecule has 0 aliphatic heterocycles. The topological polar surface area (TPSA) is 68.3 Å². The van der Waals surface area contributed by atoms with Crippen LogP contribution in [0, 0.1) is 0 Å². The van der Waals surface area contributed by atoms with Crippen LogP contribution in [0.1, 0.15) is 6.92 Å². The van der Waals surface area contributed by atoms with Crippen molar-refractivity contribution in [3.63, 3.8) is 0 Å². The van der Waals surface area contributed by atoms with Crippen LogP contribution in [0.3, 0.4) is 0 Å². The van der Waals surface area contributed by atoms with Gasteiger partial charge in [-0.05, 0) is 6.92 Å². The SMILES string of the molecule is COC(C)CNS(=O)(=O)c1cnc(Cl)s1. The fourth-order valence-corrected chi connectivity index (χ4v) is 3.20. The first-order valence-electron chi connectivity index (χ1n) is 4.09. The molecule has 1 atom stereocenters. The van der Waals surface area contributed by atoms with E-state index < -0.39 is 10.0 Å².